The number of hydrogen-bond acceptors (Lipinski definition) is 8. The predicted octanol–water partition coefficient (Wildman–Crippen LogP) is 3.86. The van der Waals surface area contributed by atoms with Gasteiger partial charge in [-0.2, -0.15) is 0 Å². The first-order valence-corrected chi connectivity index (χ1v) is 11.4. The van der Waals surface area contributed by atoms with Crippen LogP contribution in [0.1, 0.15) is 34.1 Å². The summed E-state index contributed by atoms with van der Waals surface area (Å²) < 4.78 is 10.5. The third-order valence-electron chi connectivity index (χ3n) is 4.98. The van der Waals surface area contributed by atoms with Crippen LogP contribution in [-0.2, 0) is 4.74 Å². The molecule has 33 heavy (non-hydrogen) atoms. The molecule has 1 aromatic heterocycles. The van der Waals surface area contributed by atoms with Gasteiger partial charge in [0.15, 0.2) is 0 Å². The monoisotopic (exact) mass is 469 g/mol. The Morgan fingerprint density at radius 1 is 1.27 bits per heavy atom. The van der Waals surface area contributed by atoms with E-state index in [0.717, 1.165) is 5.71 Å². The van der Waals surface area contributed by atoms with Crippen LogP contribution in [-0.4, -0.2) is 56.1 Å². The molecular formula is C23H27N5O4S. The maximum atomic E-state index is 13.3. The summed E-state index contributed by atoms with van der Waals surface area (Å²) in [6.45, 7) is 6.52. The predicted molar refractivity (Wildman–Crippen MR) is 131 cm³/mol. The quantitative estimate of drug-likeness (QED) is 0.377. The van der Waals surface area contributed by atoms with Crippen LogP contribution in [0, 0.1) is 0 Å². The first kappa shape index (κ1) is 24.1. The minimum Gasteiger partial charge on any atom is -0.502 e. The van der Waals surface area contributed by atoms with E-state index in [1.54, 1.807) is 18.2 Å². The van der Waals surface area contributed by atoms with Crippen LogP contribution < -0.4 is 20.7 Å². The minimum atomic E-state index is -0.438. The molecule has 1 aliphatic rings. The first-order chi connectivity index (χ1) is 15.9. The number of carbonyl (C=O) groups is 2. The molecule has 3 rings (SSSR count). The molecule has 0 atom stereocenters. The zero-order chi connectivity index (χ0) is 24.0. The summed E-state index contributed by atoms with van der Waals surface area (Å²) in [5.74, 6) is 0.180. The van der Waals surface area contributed by atoms with Gasteiger partial charge >= 0.3 is 0 Å². The number of aromatic nitrogens is 1. The number of carbonyl (C=O) groups excluding carboxylic acids is 2. The molecule has 0 spiro atoms. The SMILES string of the molecule is C=C(CCNC(=O)c1cc(SC)ncc1NC(=O)c1c(OC)ccc2c1NCC(C)=N2)OC. The Morgan fingerprint density at radius 3 is 2.76 bits per heavy atom. The number of anilines is 2. The summed E-state index contributed by atoms with van der Waals surface area (Å²) >= 11 is 1.40. The van der Waals surface area contributed by atoms with E-state index in [2.05, 4.69) is 32.5 Å². The van der Waals surface area contributed by atoms with Gasteiger partial charge in [-0.15, -0.1) is 11.8 Å². The summed E-state index contributed by atoms with van der Waals surface area (Å²) in [4.78, 5) is 35.1. The fourth-order valence-electron chi connectivity index (χ4n) is 3.23. The van der Waals surface area contributed by atoms with Crippen molar-refractivity contribution in [3.8, 4) is 5.75 Å². The molecule has 0 aliphatic carbocycles. The van der Waals surface area contributed by atoms with Crippen LogP contribution in [0.15, 0.2) is 46.8 Å². The standard InChI is InChI=1S/C23H27N5O4S/c1-13-11-26-21-16(27-13)6-7-18(32-4)20(21)23(30)28-17-12-25-19(33-5)10-15(17)22(29)24-9-8-14(2)31-3/h6-7,10,12,26H,2,8-9,11H2,1,3-5H3,(H,24,29)(H,28,30). The molecule has 0 fully saturated rings. The summed E-state index contributed by atoms with van der Waals surface area (Å²) in [5.41, 5.74) is 3.04. The number of aliphatic imine (C=N–C) groups is 1. The normalized spacial score (nSPS) is 12.1. The highest BCUT2D eigenvalue weighted by molar-refractivity contribution is 7.98. The number of pyridine rings is 1. The van der Waals surface area contributed by atoms with E-state index in [0.29, 0.717) is 58.5 Å². The lowest BCUT2D eigenvalue weighted by Crippen LogP contribution is -2.27. The van der Waals surface area contributed by atoms with Crippen molar-refractivity contribution >= 4 is 46.4 Å². The zero-order valence-electron chi connectivity index (χ0n) is 19.1. The summed E-state index contributed by atoms with van der Waals surface area (Å²) in [5, 5.41) is 9.53. The van der Waals surface area contributed by atoms with Crippen molar-refractivity contribution in [1.29, 1.82) is 0 Å². The lowest BCUT2D eigenvalue weighted by molar-refractivity contribution is 0.0953. The van der Waals surface area contributed by atoms with Crippen LogP contribution in [0.4, 0.5) is 17.1 Å². The average molecular weight is 470 g/mol. The van der Waals surface area contributed by atoms with Crippen LogP contribution in [0.2, 0.25) is 0 Å². The Balaban J connectivity index is 1.91. The van der Waals surface area contributed by atoms with E-state index in [1.807, 2.05) is 13.2 Å². The maximum absolute atomic E-state index is 13.3. The fourth-order valence-corrected chi connectivity index (χ4v) is 3.63. The molecule has 2 aromatic rings. The molecule has 2 heterocycles. The number of thioether (sulfide) groups is 1. The van der Waals surface area contributed by atoms with Crippen molar-refractivity contribution < 1.29 is 19.1 Å². The van der Waals surface area contributed by atoms with Crippen LogP contribution >= 0.6 is 11.8 Å². The minimum absolute atomic E-state index is 0.288. The molecule has 0 bridgehead atoms. The van der Waals surface area contributed by atoms with Crippen molar-refractivity contribution in [3.63, 3.8) is 0 Å². The van der Waals surface area contributed by atoms with E-state index in [-0.39, 0.29) is 11.6 Å². The molecule has 10 heteroatoms. The number of nitrogens with zero attached hydrogens (tertiary/aromatic N) is 2. The summed E-state index contributed by atoms with van der Waals surface area (Å²) in [6.07, 6.45) is 3.81. The molecular weight excluding hydrogens is 442 g/mol. The van der Waals surface area contributed by atoms with Crippen molar-refractivity contribution in [2.75, 3.05) is 44.2 Å². The second-order valence-electron chi connectivity index (χ2n) is 7.21. The molecule has 9 nitrogen and oxygen atoms in total. The third-order valence-corrected chi connectivity index (χ3v) is 5.62. The Hall–Kier alpha value is -3.53. The van der Waals surface area contributed by atoms with Gasteiger partial charge in [-0.3, -0.25) is 14.6 Å². The van der Waals surface area contributed by atoms with Crippen LogP contribution in [0.25, 0.3) is 0 Å². The van der Waals surface area contributed by atoms with Gasteiger partial charge in [0, 0.05) is 18.7 Å². The number of nitrogens with one attached hydrogen (secondary N) is 3. The number of fused-ring (bicyclic) bond motifs is 1. The van der Waals surface area contributed by atoms with Crippen molar-refractivity contribution in [3.05, 3.63) is 47.9 Å². The van der Waals surface area contributed by atoms with Gasteiger partial charge in [0.05, 0.1) is 60.4 Å². The van der Waals surface area contributed by atoms with Gasteiger partial charge in [-0.1, -0.05) is 6.58 Å². The van der Waals surface area contributed by atoms with Gasteiger partial charge in [0.25, 0.3) is 11.8 Å². The summed E-state index contributed by atoms with van der Waals surface area (Å²) in [6, 6.07) is 5.13. The van der Waals surface area contributed by atoms with E-state index in [1.165, 1.54) is 32.2 Å². The highest BCUT2D eigenvalue weighted by Gasteiger charge is 2.24. The zero-order valence-corrected chi connectivity index (χ0v) is 19.9. The second-order valence-corrected chi connectivity index (χ2v) is 8.04. The molecule has 0 saturated heterocycles. The van der Waals surface area contributed by atoms with Gasteiger partial charge in [-0.05, 0) is 31.4 Å². The number of rotatable bonds is 9. The lowest BCUT2D eigenvalue weighted by Gasteiger charge is -2.21. The molecule has 2 amide bonds. The number of hydrogen-bond donors (Lipinski definition) is 3. The number of methoxy groups -OCH3 is 2. The molecule has 0 radical (unpaired) electrons. The Kier molecular flexibility index (Phi) is 7.94. The van der Waals surface area contributed by atoms with E-state index in [9.17, 15) is 9.59 Å². The fraction of sp³-hybridized carbons (Fsp3) is 0.304. The second kappa shape index (κ2) is 10.9. The largest absolute Gasteiger partial charge is 0.502 e. The van der Waals surface area contributed by atoms with Crippen molar-refractivity contribution in [2.24, 2.45) is 4.99 Å². The first-order valence-electron chi connectivity index (χ1n) is 10.2. The van der Waals surface area contributed by atoms with Gasteiger partial charge in [-0.25, -0.2) is 4.98 Å². The summed E-state index contributed by atoms with van der Waals surface area (Å²) in [7, 11) is 3.03. The van der Waals surface area contributed by atoms with E-state index >= 15 is 0 Å². The molecule has 174 valence electrons. The van der Waals surface area contributed by atoms with Crippen LogP contribution in [0.5, 0.6) is 5.75 Å². The average Bonchev–Trinajstić information content (AvgIpc) is 2.82. The van der Waals surface area contributed by atoms with Crippen molar-refractivity contribution in [2.45, 2.75) is 18.4 Å². The highest BCUT2D eigenvalue weighted by atomic mass is 32.2. The Bertz CT molecular complexity index is 1120. The molecule has 1 aromatic carbocycles. The van der Waals surface area contributed by atoms with Gasteiger partial charge in [0.2, 0.25) is 0 Å². The topological polar surface area (TPSA) is 114 Å². The number of ether oxygens (including phenoxy) is 2. The highest BCUT2D eigenvalue weighted by Crippen LogP contribution is 2.38. The van der Waals surface area contributed by atoms with Gasteiger partial charge < -0.3 is 25.4 Å². The molecule has 1 aliphatic heterocycles. The Labute approximate surface area is 197 Å². The van der Waals surface area contributed by atoms with Crippen LogP contribution in [0.3, 0.4) is 0 Å². The number of amides is 2. The number of benzene rings is 1. The van der Waals surface area contributed by atoms with Gasteiger partial charge in [0.1, 0.15) is 11.3 Å². The lowest BCUT2D eigenvalue weighted by atomic mass is 10.1. The van der Waals surface area contributed by atoms with E-state index < -0.39 is 5.91 Å². The maximum Gasteiger partial charge on any atom is 0.261 e. The van der Waals surface area contributed by atoms with E-state index in [4.69, 9.17) is 9.47 Å². The molecule has 0 unspecified atom stereocenters. The smallest absolute Gasteiger partial charge is 0.261 e. The molecule has 0 saturated carbocycles. The van der Waals surface area contributed by atoms with Crippen molar-refractivity contribution in [1.82, 2.24) is 10.3 Å². The molecule has 3 N–H and O–H groups in total. The third kappa shape index (κ3) is 5.64. The Morgan fingerprint density at radius 2 is 2.06 bits per heavy atom.